The van der Waals surface area contributed by atoms with Crippen LogP contribution in [0, 0.1) is 13.8 Å². The Bertz CT molecular complexity index is 1150. The molecule has 0 saturated carbocycles. The zero-order valence-electron chi connectivity index (χ0n) is 16.2. The van der Waals surface area contributed by atoms with Crippen molar-refractivity contribution < 1.29 is 4.79 Å². The Balaban J connectivity index is 1.43. The molecule has 0 saturated heterocycles. The first-order valence-electron chi connectivity index (χ1n) is 9.23. The van der Waals surface area contributed by atoms with Gasteiger partial charge in [-0.05, 0) is 49.2 Å². The van der Waals surface area contributed by atoms with Crippen LogP contribution in [0.1, 0.15) is 16.8 Å². The summed E-state index contributed by atoms with van der Waals surface area (Å²) in [5.74, 6) is 0. The second kappa shape index (κ2) is 8.02. The van der Waals surface area contributed by atoms with Gasteiger partial charge in [-0.15, -0.1) is 0 Å². The van der Waals surface area contributed by atoms with Gasteiger partial charge in [0.15, 0.2) is 0 Å². The first kappa shape index (κ1) is 18.5. The van der Waals surface area contributed by atoms with Crippen LogP contribution in [0.15, 0.2) is 67.4 Å². The molecule has 0 aliphatic heterocycles. The minimum atomic E-state index is -0.307. The van der Waals surface area contributed by atoms with Gasteiger partial charge in [-0.3, -0.25) is 15.0 Å². The van der Waals surface area contributed by atoms with Crippen LogP contribution >= 0.6 is 0 Å². The summed E-state index contributed by atoms with van der Waals surface area (Å²) in [5.41, 5.74) is 6.41. The summed E-state index contributed by atoms with van der Waals surface area (Å²) in [6.45, 7) is 4.33. The van der Waals surface area contributed by atoms with Crippen LogP contribution in [-0.4, -0.2) is 30.8 Å². The van der Waals surface area contributed by atoms with Crippen molar-refractivity contribution in [3.63, 3.8) is 0 Å². The molecule has 4 rings (SSSR count). The van der Waals surface area contributed by atoms with E-state index in [1.807, 2.05) is 50.2 Å². The van der Waals surface area contributed by atoms with E-state index in [4.69, 9.17) is 0 Å². The number of hydrogen-bond donors (Lipinski definition) is 1. The molecule has 7 heteroatoms. The van der Waals surface area contributed by atoms with Crippen molar-refractivity contribution in [3.05, 3.63) is 84.2 Å². The molecule has 0 aliphatic carbocycles. The summed E-state index contributed by atoms with van der Waals surface area (Å²) in [5, 5.41) is 6.99. The number of nitrogens with zero attached hydrogens (tertiary/aromatic N) is 5. The van der Waals surface area contributed by atoms with Gasteiger partial charge in [0, 0.05) is 48.2 Å². The first-order valence-corrected chi connectivity index (χ1v) is 9.23. The maximum atomic E-state index is 12.4. The number of hydrogen-bond acceptors (Lipinski definition) is 5. The van der Waals surface area contributed by atoms with Crippen molar-refractivity contribution in [2.75, 3.05) is 0 Å². The van der Waals surface area contributed by atoms with Crippen LogP contribution in [0.25, 0.3) is 22.5 Å². The van der Waals surface area contributed by atoms with Crippen molar-refractivity contribution in [2.45, 2.75) is 20.4 Å². The number of rotatable bonds is 4. The lowest BCUT2D eigenvalue weighted by Gasteiger charge is -2.09. The highest BCUT2D eigenvalue weighted by molar-refractivity contribution is 5.77. The molecular weight excluding hydrogens is 364 g/mol. The summed E-state index contributed by atoms with van der Waals surface area (Å²) >= 11 is 0. The van der Waals surface area contributed by atoms with Crippen LogP contribution in [0.2, 0.25) is 0 Å². The van der Waals surface area contributed by atoms with Gasteiger partial charge in [-0.25, -0.2) is 4.79 Å². The average Bonchev–Trinajstić information content (AvgIpc) is 3.23. The van der Waals surface area contributed by atoms with Gasteiger partial charge in [0.05, 0.1) is 17.6 Å². The van der Waals surface area contributed by atoms with Crippen LogP contribution in [0.3, 0.4) is 0 Å². The number of amides is 1. The zero-order chi connectivity index (χ0) is 20.2. The van der Waals surface area contributed by atoms with Crippen molar-refractivity contribution >= 4 is 6.03 Å². The third-order valence-corrected chi connectivity index (χ3v) is 4.50. The van der Waals surface area contributed by atoms with Crippen molar-refractivity contribution in [1.82, 2.24) is 30.0 Å². The van der Waals surface area contributed by atoms with Crippen LogP contribution < -0.4 is 5.32 Å². The minimum absolute atomic E-state index is 0.307. The molecule has 1 amide bonds. The molecule has 0 unspecified atom stereocenters. The standard InChI is InChI=1S/C22H20N6O/c1-15-9-17(11-25-21(15)18-6-8-23-16(2)10-18)12-26-22(29)28-14-19(13-27-28)20-5-3-4-7-24-20/h3-11,13-14H,12H2,1-2H3,(H,26,29). The van der Waals surface area contributed by atoms with Crippen LogP contribution in [0.4, 0.5) is 4.79 Å². The number of nitrogens with one attached hydrogen (secondary N) is 1. The van der Waals surface area contributed by atoms with Crippen molar-refractivity contribution in [1.29, 1.82) is 0 Å². The smallest absolute Gasteiger partial charge is 0.332 e. The topological polar surface area (TPSA) is 85.6 Å². The van der Waals surface area contributed by atoms with Gasteiger partial charge >= 0.3 is 6.03 Å². The molecule has 0 fully saturated rings. The summed E-state index contributed by atoms with van der Waals surface area (Å²) in [7, 11) is 0. The quantitative estimate of drug-likeness (QED) is 0.579. The number of carbonyl (C=O) groups is 1. The van der Waals surface area contributed by atoms with Gasteiger partial charge < -0.3 is 5.32 Å². The summed E-state index contributed by atoms with van der Waals surface area (Å²) < 4.78 is 1.28. The number of aromatic nitrogens is 5. The fourth-order valence-corrected chi connectivity index (χ4v) is 3.08. The number of carbonyl (C=O) groups excluding carboxylic acids is 1. The van der Waals surface area contributed by atoms with Gasteiger partial charge in [0.1, 0.15) is 0 Å². The second-order valence-corrected chi connectivity index (χ2v) is 6.74. The molecule has 0 radical (unpaired) electrons. The highest BCUT2D eigenvalue weighted by Gasteiger charge is 2.10. The molecule has 4 aromatic rings. The van der Waals surface area contributed by atoms with Crippen LogP contribution in [0.5, 0.6) is 0 Å². The van der Waals surface area contributed by atoms with E-state index in [0.29, 0.717) is 6.54 Å². The Morgan fingerprint density at radius 1 is 1.00 bits per heavy atom. The lowest BCUT2D eigenvalue weighted by atomic mass is 10.1. The summed E-state index contributed by atoms with van der Waals surface area (Å²) in [6, 6.07) is 11.3. The van der Waals surface area contributed by atoms with Gasteiger partial charge in [-0.1, -0.05) is 12.1 Å². The van der Waals surface area contributed by atoms with E-state index in [0.717, 1.165) is 39.3 Å². The predicted molar refractivity (Wildman–Crippen MR) is 110 cm³/mol. The fourth-order valence-electron chi connectivity index (χ4n) is 3.08. The maximum absolute atomic E-state index is 12.4. The Morgan fingerprint density at radius 3 is 2.66 bits per heavy atom. The summed E-state index contributed by atoms with van der Waals surface area (Å²) in [4.78, 5) is 25.5. The van der Waals surface area contributed by atoms with E-state index in [-0.39, 0.29) is 6.03 Å². The summed E-state index contributed by atoms with van der Waals surface area (Å²) in [6.07, 6.45) is 8.55. The van der Waals surface area contributed by atoms with Crippen molar-refractivity contribution in [2.24, 2.45) is 0 Å². The van der Waals surface area contributed by atoms with E-state index in [1.54, 1.807) is 31.0 Å². The Labute approximate surface area is 168 Å². The molecule has 4 aromatic heterocycles. The van der Waals surface area contributed by atoms with Gasteiger partial charge in [0.2, 0.25) is 0 Å². The zero-order valence-corrected chi connectivity index (χ0v) is 16.2. The van der Waals surface area contributed by atoms with Gasteiger partial charge in [-0.2, -0.15) is 9.78 Å². The molecule has 29 heavy (non-hydrogen) atoms. The Morgan fingerprint density at radius 2 is 1.90 bits per heavy atom. The average molecular weight is 384 g/mol. The lowest BCUT2D eigenvalue weighted by Crippen LogP contribution is -2.28. The Kier molecular flexibility index (Phi) is 5.11. The molecule has 1 N–H and O–H groups in total. The second-order valence-electron chi connectivity index (χ2n) is 6.74. The van der Waals surface area contributed by atoms with E-state index in [9.17, 15) is 4.79 Å². The molecule has 0 bridgehead atoms. The number of aryl methyl sites for hydroxylation is 2. The molecule has 0 atom stereocenters. The lowest BCUT2D eigenvalue weighted by molar-refractivity contribution is 0.239. The minimum Gasteiger partial charge on any atom is -0.332 e. The largest absolute Gasteiger partial charge is 0.342 e. The third kappa shape index (κ3) is 4.19. The van der Waals surface area contributed by atoms with E-state index >= 15 is 0 Å². The molecule has 4 heterocycles. The molecule has 0 spiro atoms. The Hall–Kier alpha value is -3.87. The van der Waals surface area contributed by atoms with Gasteiger partial charge in [0.25, 0.3) is 0 Å². The molecule has 0 aliphatic rings. The number of pyridine rings is 3. The first-order chi connectivity index (χ1) is 14.1. The fraction of sp³-hybridized carbons (Fsp3) is 0.136. The highest BCUT2D eigenvalue weighted by Crippen LogP contribution is 2.21. The van der Waals surface area contributed by atoms with E-state index in [1.165, 1.54) is 4.68 Å². The molecular formula is C22H20N6O. The van der Waals surface area contributed by atoms with Crippen molar-refractivity contribution in [3.8, 4) is 22.5 Å². The predicted octanol–water partition coefficient (Wildman–Crippen LogP) is 3.78. The van der Waals surface area contributed by atoms with E-state index in [2.05, 4.69) is 25.4 Å². The third-order valence-electron chi connectivity index (χ3n) is 4.50. The normalized spacial score (nSPS) is 10.7. The molecule has 7 nitrogen and oxygen atoms in total. The van der Waals surface area contributed by atoms with E-state index < -0.39 is 0 Å². The highest BCUT2D eigenvalue weighted by atomic mass is 16.2. The molecule has 0 aromatic carbocycles. The maximum Gasteiger partial charge on any atom is 0.342 e. The SMILES string of the molecule is Cc1cc(-c2ncc(CNC(=O)n3cc(-c4ccccn4)cn3)cc2C)ccn1. The molecule has 144 valence electrons. The van der Waals surface area contributed by atoms with Crippen LogP contribution in [-0.2, 0) is 6.54 Å². The monoisotopic (exact) mass is 384 g/mol.